The zero-order valence-electron chi connectivity index (χ0n) is 9.65. The third kappa shape index (κ3) is 1.68. The minimum atomic E-state index is 0.379. The first-order valence-electron chi connectivity index (χ1n) is 5.72. The molecule has 0 N–H and O–H groups in total. The highest BCUT2D eigenvalue weighted by atomic mass is 16.1. The van der Waals surface area contributed by atoms with Crippen molar-refractivity contribution in [2.45, 2.75) is 6.42 Å². The van der Waals surface area contributed by atoms with Gasteiger partial charge < -0.3 is 4.79 Å². The lowest BCUT2D eigenvalue weighted by molar-refractivity contribution is -0.107. The first kappa shape index (κ1) is 10.7. The van der Waals surface area contributed by atoms with Crippen LogP contribution in [0.2, 0.25) is 0 Å². The molecule has 18 heavy (non-hydrogen) atoms. The second kappa shape index (κ2) is 4.41. The van der Waals surface area contributed by atoms with Gasteiger partial charge in [0.25, 0.3) is 0 Å². The van der Waals surface area contributed by atoms with E-state index >= 15 is 0 Å². The van der Waals surface area contributed by atoms with Crippen LogP contribution in [0, 0.1) is 0 Å². The van der Waals surface area contributed by atoms with Crippen molar-refractivity contribution >= 4 is 17.3 Å². The van der Waals surface area contributed by atoms with E-state index in [9.17, 15) is 4.79 Å². The number of hydrogen-bond acceptors (Lipinski definition) is 3. The SMILES string of the molecule is O=CCc1ccccc1-n1nnc2ccccc21. The second-order valence-electron chi connectivity index (χ2n) is 3.99. The molecule has 4 nitrogen and oxygen atoms in total. The fourth-order valence-electron chi connectivity index (χ4n) is 2.03. The van der Waals surface area contributed by atoms with Crippen LogP contribution in [0.25, 0.3) is 16.7 Å². The quantitative estimate of drug-likeness (QED) is 0.656. The van der Waals surface area contributed by atoms with Crippen molar-refractivity contribution in [1.82, 2.24) is 15.0 Å². The summed E-state index contributed by atoms with van der Waals surface area (Å²) < 4.78 is 1.77. The summed E-state index contributed by atoms with van der Waals surface area (Å²) in [6.07, 6.45) is 1.28. The molecule has 0 aliphatic rings. The van der Waals surface area contributed by atoms with Crippen LogP contribution in [0.1, 0.15) is 5.56 Å². The lowest BCUT2D eigenvalue weighted by Crippen LogP contribution is -2.02. The monoisotopic (exact) mass is 237 g/mol. The zero-order valence-corrected chi connectivity index (χ0v) is 9.65. The first-order valence-corrected chi connectivity index (χ1v) is 5.72. The molecule has 0 radical (unpaired) electrons. The van der Waals surface area contributed by atoms with Crippen molar-refractivity contribution in [3.8, 4) is 5.69 Å². The highest BCUT2D eigenvalue weighted by Gasteiger charge is 2.08. The molecule has 0 saturated carbocycles. The van der Waals surface area contributed by atoms with Crippen LogP contribution >= 0.6 is 0 Å². The summed E-state index contributed by atoms with van der Waals surface area (Å²) in [4.78, 5) is 10.7. The summed E-state index contributed by atoms with van der Waals surface area (Å²) in [6.45, 7) is 0. The van der Waals surface area contributed by atoms with Crippen LogP contribution in [-0.4, -0.2) is 21.3 Å². The van der Waals surface area contributed by atoms with E-state index in [-0.39, 0.29) is 0 Å². The number of hydrogen-bond donors (Lipinski definition) is 0. The molecule has 0 spiro atoms. The summed E-state index contributed by atoms with van der Waals surface area (Å²) in [5.74, 6) is 0. The number of benzene rings is 2. The van der Waals surface area contributed by atoms with Gasteiger partial charge in [-0.3, -0.25) is 0 Å². The molecule has 1 aromatic heterocycles. The zero-order chi connectivity index (χ0) is 12.4. The van der Waals surface area contributed by atoms with Gasteiger partial charge in [-0.2, -0.15) is 0 Å². The smallest absolute Gasteiger partial charge is 0.124 e. The predicted molar refractivity (Wildman–Crippen MR) is 68.6 cm³/mol. The van der Waals surface area contributed by atoms with Crippen LogP contribution < -0.4 is 0 Å². The average Bonchev–Trinajstić information content (AvgIpc) is 2.84. The fourth-order valence-corrected chi connectivity index (χ4v) is 2.03. The molecular weight excluding hydrogens is 226 g/mol. The molecule has 0 unspecified atom stereocenters. The second-order valence-corrected chi connectivity index (χ2v) is 3.99. The third-order valence-corrected chi connectivity index (χ3v) is 2.87. The minimum Gasteiger partial charge on any atom is -0.303 e. The van der Waals surface area contributed by atoms with Gasteiger partial charge in [-0.05, 0) is 23.8 Å². The summed E-state index contributed by atoms with van der Waals surface area (Å²) in [5.41, 5.74) is 3.63. The molecule has 0 atom stereocenters. The standard InChI is InChI=1S/C14H11N3O/c18-10-9-11-5-1-3-7-13(11)17-14-8-4-2-6-12(14)15-16-17/h1-8,10H,9H2. The maximum Gasteiger partial charge on any atom is 0.124 e. The Morgan fingerprint density at radius 1 is 1.06 bits per heavy atom. The summed E-state index contributed by atoms with van der Waals surface area (Å²) in [7, 11) is 0. The number of para-hydroxylation sites is 2. The van der Waals surface area contributed by atoms with Gasteiger partial charge in [0, 0.05) is 6.42 Å². The molecule has 0 aliphatic heterocycles. The largest absolute Gasteiger partial charge is 0.303 e. The van der Waals surface area contributed by atoms with Crippen LogP contribution in [0.3, 0.4) is 0 Å². The Hall–Kier alpha value is -2.49. The number of aromatic nitrogens is 3. The molecule has 0 amide bonds. The number of carbonyl (C=O) groups excluding carboxylic acids is 1. The van der Waals surface area contributed by atoms with E-state index < -0.39 is 0 Å². The van der Waals surface area contributed by atoms with E-state index in [0.717, 1.165) is 28.6 Å². The van der Waals surface area contributed by atoms with Gasteiger partial charge in [0.2, 0.25) is 0 Å². The van der Waals surface area contributed by atoms with Crippen LogP contribution in [-0.2, 0) is 11.2 Å². The lowest BCUT2D eigenvalue weighted by Gasteiger charge is -2.07. The van der Waals surface area contributed by atoms with Crippen molar-refractivity contribution < 1.29 is 4.79 Å². The summed E-state index contributed by atoms with van der Waals surface area (Å²) in [5, 5.41) is 8.28. The molecule has 0 saturated heterocycles. The van der Waals surface area contributed by atoms with E-state index in [1.807, 2.05) is 48.5 Å². The van der Waals surface area contributed by atoms with E-state index in [1.165, 1.54) is 0 Å². The number of carbonyl (C=O) groups is 1. The normalized spacial score (nSPS) is 10.7. The Kier molecular flexibility index (Phi) is 2.61. The topological polar surface area (TPSA) is 47.8 Å². The predicted octanol–water partition coefficient (Wildman–Crippen LogP) is 2.16. The first-order chi connectivity index (χ1) is 8.90. The Morgan fingerprint density at radius 2 is 1.83 bits per heavy atom. The average molecular weight is 237 g/mol. The Bertz CT molecular complexity index is 703. The Labute approximate surface area is 104 Å². The van der Waals surface area contributed by atoms with Gasteiger partial charge in [0.05, 0.1) is 11.2 Å². The number of nitrogens with zero attached hydrogens (tertiary/aromatic N) is 3. The summed E-state index contributed by atoms with van der Waals surface area (Å²) >= 11 is 0. The van der Waals surface area contributed by atoms with E-state index in [1.54, 1.807) is 4.68 Å². The van der Waals surface area contributed by atoms with Gasteiger partial charge in [-0.15, -0.1) is 5.10 Å². The lowest BCUT2D eigenvalue weighted by atomic mass is 10.1. The van der Waals surface area contributed by atoms with Crippen LogP contribution in [0.15, 0.2) is 48.5 Å². The molecule has 2 aromatic carbocycles. The van der Waals surface area contributed by atoms with Gasteiger partial charge in [0.1, 0.15) is 11.8 Å². The Balaban J connectivity index is 2.23. The van der Waals surface area contributed by atoms with Gasteiger partial charge in [-0.25, -0.2) is 4.68 Å². The van der Waals surface area contributed by atoms with E-state index in [4.69, 9.17) is 0 Å². The molecule has 3 aromatic rings. The van der Waals surface area contributed by atoms with Crippen molar-refractivity contribution in [3.05, 3.63) is 54.1 Å². The number of aldehydes is 1. The number of rotatable bonds is 3. The van der Waals surface area contributed by atoms with Crippen LogP contribution in [0.5, 0.6) is 0 Å². The van der Waals surface area contributed by atoms with E-state index in [2.05, 4.69) is 10.3 Å². The molecule has 0 aliphatic carbocycles. The summed E-state index contributed by atoms with van der Waals surface area (Å²) in [6, 6.07) is 15.5. The van der Waals surface area contributed by atoms with Crippen molar-refractivity contribution in [2.24, 2.45) is 0 Å². The third-order valence-electron chi connectivity index (χ3n) is 2.87. The van der Waals surface area contributed by atoms with Crippen LogP contribution in [0.4, 0.5) is 0 Å². The van der Waals surface area contributed by atoms with Gasteiger partial charge in [-0.1, -0.05) is 35.5 Å². The molecule has 0 bridgehead atoms. The molecule has 0 fully saturated rings. The maximum absolute atomic E-state index is 10.7. The Morgan fingerprint density at radius 3 is 2.72 bits per heavy atom. The van der Waals surface area contributed by atoms with Crippen molar-refractivity contribution in [2.75, 3.05) is 0 Å². The van der Waals surface area contributed by atoms with Gasteiger partial charge in [0.15, 0.2) is 0 Å². The molecule has 88 valence electrons. The van der Waals surface area contributed by atoms with Crippen molar-refractivity contribution in [1.29, 1.82) is 0 Å². The maximum atomic E-state index is 10.7. The molecule has 3 rings (SSSR count). The molecule has 1 heterocycles. The van der Waals surface area contributed by atoms with E-state index in [0.29, 0.717) is 6.42 Å². The minimum absolute atomic E-state index is 0.379. The fraction of sp³-hybridized carbons (Fsp3) is 0.0714. The van der Waals surface area contributed by atoms with Crippen molar-refractivity contribution in [3.63, 3.8) is 0 Å². The number of fused-ring (bicyclic) bond motifs is 1. The molecular formula is C14H11N3O. The highest BCUT2D eigenvalue weighted by molar-refractivity contribution is 5.76. The highest BCUT2D eigenvalue weighted by Crippen LogP contribution is 2.19. The van der Waals surface area contributed by atoms with Gasteiger partial charge >= 0.3 is 0 Å². The molecule has 4 heteroatoms.